The number of aromatic nitrogens is 2. The van der Waals surface area contributed by atoms with E-state index < -0.39 is 10.0 Å². The minimum absolute atomic E-state index is 0.197. The second-order valence-corrected chi connectivity index (χ2v) is 9.80. The second-order valence-electron chi connectivity index (χ2n) is 8.11. The predicted molar refractivity (Wildman–Crippen MR) is 132 cm³/mol. The lowest BCUT2D eigenvalue weighted by molar-refractivity contribution is 0.601. The maximum atomic E-state index is 13.1. The highest BCUT2D eigenvalue weighted by molar-refractivity contribution is 7.92. The molecule has 3 aromatic carbocycles. The van der Waals surface area contributed by atoms with E-state index in [-0.39, 0.29) is 10.7 Å². The monoisotopic (exact) mass is 459 g/mol. The van der Waals surface area contributed by atoms with Gasteiger partial charge in [-0.1, -0.05) is 48.0 Å². The largest absolute Gasteiger partial charge is 0.368 e. The van der Waals surface area contributed by atoms with Gasteiger partial charge in [-0.25, -0.2) is 18.4 Å². The molecule has 1 saturated heterocycles. The lowest BCUT2D eigenvalue weighted by Crippen LogP contribution is -2.47. The van der Waals surface area contributed by atoms with Gasteiger partial charge in [0.05, 0.1) is 15.9 Å². The Morgan fingerprint density at radius 2 is 1.30 bits per heavy atom. The van der Waals surface area contributed by atoms with Gasteiger partial charge in [0.2, 0.25) is 0 Å². The van der Waals surface area contributed by atoms with Crippen molar-refractivity contribution < 1.29 is 8.42 Å². The van der Waals surface area contributed by atoms with Gasteiger partial charge in [0.1, 0.15) is 0 Å². The number of piperazine rings is 1. The van der Waals surface area contributed by atoms with E-state index in [1.54, 1.807) is 24.3 Å². The molecular weight excluding hydrogens is 434 g/mol. The van der Waals surface area contributed by atoms with Crippen LogP contribution in [-0.4, -0.2) is 44.6 Å². The Bertz CT molecular complexity index is 1370. The lowest BCUT2D eigenvalue weighted by Gasteiger charge is -2.37. The van der Waals surface area contributed by atoms with Crippen molar-refractivity contribution in [1.82, 2.24) is 9.97 Å². The van der Waals surface area contributed by atoms with Crippen LogP contribution in [0.4, 0.5) is 17.3 Å². The van der Waals surface area contributed by atoms with Crippen LogP contribution in [0.15, 0.2) is 83.8 Å². The van der Waals surface area contributed by atoms with Gasteiger partial charge in [0.15, 0.2) is 11.6 Å². The summed E-state index contributed by atoms with van der Waals surface area (Å²) in [5.74, 6) is 0.805. The summed E-state index contributed by atoms with van der Waals surface area (Å²) in [4.78, 5) is 14.1. The van der Waals surface area contributed by atoms with E-state index in [9.17, 15) is 8.42 Å². The Hall–Kier alpha value is -3.65. The molecule has 0 unspecified atom stereocenters. The third kappa shape index (κ3) is 4.47. The number of fused-ring (bicyclic) bond motifs is 1. The van der Waals surface area contributed by atoms with Gasteiger partial charge in [0, 0.05) is 31.9 Å². The summed E-state index contributed by atoms with van der Waals surface area (Å²) in [5.41, 5.74) is 3.56. The minimum Gasteiger partial charge on any atom is -0.368 e. The van der Waals surface area contributed by atoms with Crippen molar-refractivity contribution in [1.29, 1.82) is 0 Å². The normalized spacial score (nSPS) is 14.5. The second kappa shape index (κ2) is 8.71. The van der Waals surface area contributed by atoms with Crippen LogP contribution in [0.5, 0.6) is 0 Å². The Morgan fingerprint density at radius 1 is 0.727 bits per heavy atom. The molecule has 1 N–H and O–H groups in total. The molecule has 0 bridgehead atoms. The number of rotatable bonds is 5. The van der Waals surface area contributed by atoms with Gasteiger partial charge in [-0.15, -0.1) is 0 Å². The van der Waals surface area contributed by atoms with Crippen LogP contribution in [0.2, 0.25) is 0 Å². The average Bonchev–Trinajstić information content (AvgIpc) is 2.84. The maximum Gasteiger partial charge on any atom is 0.263 e. The summed E-state index contributed by atoms with van der Waals surface area (Å²) >= 11 is 0. The number of aryl methyl sites for hydroxylation is 1. The molecule has 1 aromatic heterocycles. The minimum atomic E-state index is -3.80. The molecule has 0 atom stereocenters. The first-order chi connectivity index (χ1) is 16.0. The summed E-state index contributed by atoms with van der Waals surface area (Å²) in [6, 6.07) is 24.6. The number of nitrogens with zero attached hydrogens (tertiary/aromatic N) is 4. The molecule has 2 heterocycles. The predicted octanol–water partition coefficient (Wildman–Crippen LogP) is 4.07. The highest BCUT2D eigenvalue weighted by Crippen LogP contribution is 2.29. The smallest absolute Gasteiger partial charge is 0.263 e. The summed E-state index contributed by atoms with van der Waals surface area (Å²) in [7, 11) is -3.80. The Balaban J connectivity index is 1.47. The third-order valence-corrected chi connectivity index (χ3v) is 7.17. The van der Waals surface area contributed by atoms with Gasteiger partial charge >= 0.3 is 0 Å². The summed E-state index contributed by atoms with van der Waals surface area (Å²) in [6.07, 6.45) is 0. The number of hydrogen-bond acceptors (Lipinski definition) is 6. The van der Waals surface area contributed by atoms with Gasteiger partial charge in [-0.05, 0) is 43.3 Å². The van der Waals surface area contributed by atoms with Crippen LogP contribution in [0.25, 0.3) is 11.0 Å². The van der Waals surface area contributed by atoms with E-state index in [4.69, 9.17) is 4.98 Å². The molecule has 33 heavy (non-hydrogen) atoms. The molecule has 0 amide bonds. The zero-order valence-corrected chi connectivity index (χ0v) is 19.2. The fraction of sp³-hybridized carbons (Fsp3) is 0.200. The zero-order chi connectivity index (χ0) is 22.8. The standard InChI is InChI=1S/C25H25N5O2S/c1-19-11-13-21(14-12-19)33(31,32)28-24-25(27-23-10-6-5-9-22(23)26-24)30-17-15-29(16-18-30)20-7-3-2-4-8-20/h2-14H,15-18H2,1H3,(H,26,28). The van der Waals surface area contributed by atoms with E-state index in [1.807, 2.05) is 49.4 Å². The fourth-order valence-electron chi connectivity index (χ4n) is 4.00. The van der Waals surface area contributed by atoms with Gasteiger partial charge < -0.3 is 9.80 Å². The van der Waals surface area contributed by atoms with Crippen molar-refractivity contribution in [3.63, 3.8) is 0 Å². The molecule has 1 aliphatic rings. The van der Waals surface area contributed by atoms with Gasteiger partial charge in [-0.3, -0.25) is 4.72 Å². The first-order valence-corrected chi connectivity index (χ1v) is 12.4. The number of nitrogens with one attached hydrogen (secondary N) is 1. The van der Waals surface area contributed by atoms with Crippen molar-refractivity contribution in [2.45, 2.75) is 11.8 Å². The lowest BCUT2D eigenvalue weighted by atomic mass is 10.2. The molecule has 0 spiro atoms. The van der Waals surface area contributed by atoms with Crippen LogP contribution in [-0.2, 0) is 10.0 Å². The van der Waals surface area contributed by atoms with E-state index in [2.05, 4.69) is 31.6 Å². The number of sulfonamides is 1. The van der Waals surface area contributed by atoms with Crippen LogP contribution in [0.1, 0.15) is 5.56 Å². The van der Waals surface area contributed by atoms with Gasteiger partial charge in [-0.2, -0.15) is 0 Å². The van der Waals surface area contributed by atoms with E-state index in [0.29, 0.717) is 24.4 Å². The molecule has 0 aliphatic carbocycles. The molecule has 1 aliphatic heterocycles. The van der Waals surface area contributed by atoms with Crippen LogP contribution in [0.3, 0.4) is 0 Å². The Labute approximate surface area is 193 Å². The zero-order valence-electron chi connectivity index (χ0n) is 18.3. The Morgan fingerprint density at radius 3 is 1.97 bits per heavy atom. The number of benzene rings is 3. The van der Waals surface area contributed by atoms with Crippen molar-refractivity contribution in [2.24, 2.45) is 0 Å². The molecule has 7 nitrogen and oxygen atoms in total. The molecule has 5 rings (SSSR count). The molecule has 168 valence electrons. The van der Waals surface area contributed by atoms with Crippen LogP contribution < -0.4 is 14.5 Å². The number of anilines is 3. The number of para-hydroxylation sites is 3. The van der Waals surface area contributed by atoms with Crippen LogP contribution in [0, 0.1) is 6.92 Å². The van der Waals surface area contributed by atoms with Crippen LogP contribution >= 0.6 is 0 Å². The molecular formula is C25H25N5O2S. The van der Waals surface area contributed by atoms with E-state index >= 15 is 0 Å². The van der Waals surface area contributed by atoms with E-state index in [0.717, 1.165) is 24.2 Å². The maximum absolute atomic E-state index is 13.1. The quantitative estimate of drug-likeness (QED) is 0.485. The van der Waals surface area contributed by atoms with Crippen molar-refractivity contribution in [2.75, 3.05) is 40.7 Å². The van der Waals surface area contributed by atoms with Gasteiger partial charge in [0.25, 0.3) is 10.0 Å². The molecule has 0 saturated carbocycles. The van der Waals surface area contributed by atoms with Crippen molar-refractivity contribution >= 4 is 38.4 Å². The first-order valence-electron chi connectivity index (χ1n) is 10.9. The molecule has 1 fully saturated rings. The summed E-state index contributed by atoms with van der Waals surface area (Å²) < 4.78 is 28.9. The molecule has 4 aromatic rings. The highest BCUT2D eigenvalue weighted by Gasteiger charge is 2.25. The Kier molecular flexibility index (Phi) is 5.60. The van der Waals surface area contributed by atoms with Crippen molar-refractivity contribution in [3.8, 4) is 0 Å². The summed E-state index contributed by atoms with van der Waals surface area (Å²) in [5, 5.41) is 0. The molecule has 0 radical (unpaired) electrons. The van der Waals surface area contributed by atoms with E-state index in [1.165, 1.54) is 5.69 Å². The average molecular weight is 460 g/mol. The summed E-state index contributed by atoms with van der Waals surface area (Å²) in [6.45, 7) is 4.96. The fourth-order valence-corrected chi connectivity index (χ4v) is 5.00. The SMILES string of the molecule is Cc1ccc(S(=O)(=O)Nc2nc3ccccc3nc2N2CCN(c3ccccc3)CC2)cc1. The topological polar surface area (TPSA) is 78.4 Å². The molecule has 8 heteroatoms. The highest BCUT2D eigenvalue weighted by atomic mass is 32.2. The number of hydrogen-bond donors (Lipinski definition) is 1. The van der Waals surface area contributed by atoms with Crippen molar-refractivity contribution in [3.05, 3.63) is 84.4 Å². The first kappa shape index (κ1) is 21.2. The third-order valence-electron chi connectivity index (χ3n) is 5.82.